The highest BCUT2D eigenvalue weighted by atomic mass is 15.3. The third-order valence-corrected chi connectivity index (χ3v) is 3.20. The van der Waals surface area contributed by atoms with Gasteiger partial charge in [0.25, 0.3) is 0 Å². The van der Waals surface area contributed by atoms with Crippen molar-refractivity contribution in [1.82, 2.24) is 10.1 Å². The second kappa shape index (κ2) is 3.95. The van der Waals surface area contributed by atoms with Crippen molar-refractivity contribution in [3.63, 3.8) is 0 Å². The Morgan fingerprint density at radius 3 is 2.56 bits per heavy atom. The molecule has 18 heavy (non-hydrogen) atoms. The number of fused-ring (bicyclic) bond motifs is 1. The molecule has 1 aromatic carbocycles. The maximum atomic E-state index is 4.71. The lowest BCUT2D eigenvalue weighted by atomic mass is 10.1. The summed E-state index contributed by atoms with van der Waals surface area (Å²) in [5, 5.41) is 4.52. The Labute approximate surface area is 106 Å². The molecule has 0 aliphatic rings. The summed E-state index contributed by atoms with van der Waals surface area (Å²) in [5.74, 6) is 0.941. The van der Waals surface area contributed by atoms with E-state index in [-0.39, 0.29) is 0 Å². The number of para-hydroxylation sites is 1. The third kappa shape index (κ3) is 1.68. The first-order chi connectivity index (χ1) is 8.65. The van der Waals surface area contributed by atoms with Gasteiger partial charge >= 0.3 is 5.82 Å². The Hall–Kier alpha value is -2.16. The first-order valence-corrected chi connectivity index (χ1v) is 6.10. The molecule has 0 aliphatic heterocycles. The largest absolute Gasteiger partial charge is 0.347 e. The topological polar surface area (TPSA) is 32.6 Å². The van der Waals surface area contributed by atoms with Gasteiger partial charge in [-0.1, -0.05) is 18.2 Å². The van der Waals surface area contributed by atoms with Crippen molar-refractivity contribution in [2.75, 3.05) is 0 Å². The number of aromatic amines is 1. The van der Waals surface area contributed by atoms with Gasteiger partial charge in [-0.05, 0) is 30.5 Å². The van der Waals surface area contributed by atoms with Crippen LogP contribution in [0, 0.1) is 20.8 Å². The fourth-order valence-corrected chi connectivity index (χ4v) is 2.36. The molecule has 2 aromatic heterocycles. The number of rotatable bonds is 1. The van der Waals surface area contributed by atoms with Crippen LogP contribution in [0.3, 0.4) is 0 Å². The van der Waals surface area contributed by atoms with Crippen LogP contribution < -0.4 is 4.68 Å². The van der Waals surface area contributed by atoms with Gasteiger partial charge < -0.3 is 0 Å². The molecule has 3 rings (SSSR count). The number of pyridine rings is 1. The lowest BCUT2D eigenvalue weighted by Gasteiger charge is -1.99. The molecule has 0 spiro atoms. The smallest absolute Gasteiger partial charge is 0.228 e. The maximum absolute atomic E-state index is 4.71. The Balaban J connectivity index is 2.27. The number of hydrogen-bond acceptors (Lipinski definition) is 1. The highest BCUT2D eigenvalue weighted by molar-refractivity contribution is 5.82. The highest BCUT2D eigenvalue weighted by Gasteiger charge is 2.16. The number of H-pyrrole nitrogens is 1. The van der Waals surface area contributed by atoms with Crippen LogP contribution in [-0.4, -0.2) is 10.1 Å². The van der Waals surface area contributed by atoms with E-state index < -0.39 is 0 Å². The molecule has 3 nitrogen and oxygen atoms in total. The second-order valence-electron chi connectivity index (χ2n) is 4.73. The number of aromatic nitrogens is 3. The molecule has 0 fully saturated rings. The Morgan fingerprint density at radius 2 is 1.83 bits per heavy atom. The molecule has 0 saturated heterocycles. The molecular formula is C15H16N3+. The normalized spacial score (nSPS) is 11.1. The standard InChI is InChI=1S/C15H15N3/c1-10-8-15(18-12(3)9-11(2)17-18)16-14-7-5-4-6-13(10)14/h4-9H,1-3H3/p+1. The molecule has 0 amide bonds. The first-order valence-electron chi connectivity index (χ1n) is 6.10. The van der Waals surface area contributed by atoms with Crippen molar-refractivity contribution in [3.05, 3.63) is 53.3 Å². The van der Waals surface area contributed by atoms with Gasteiger partial charge in [0.2, 0.25) is 0 Å². The van der Waals surface area contributed by atoms with E-state index in [1.165, 1.54) is 10.9 Å². The van der Waals surface area contributed by atoms with Gasteiger partial charge in [0.1, 0.15) is 5.69 Å². The minimum Gasteiger partial charge on any atom is -0.228 e. The van der Waals surface area contributed by atoms with E-state index in [0.29, 0.717) is 0 Å². The molecular weight excluding hydrogens is 222 g/mol. The molecule has 0 radical (unpaired) electrons. The summed E-state index contributed by atoms with van der Waals surface area (Å²) in [6.45, 7) is 6.26. The van der Waals surface area contributed by atoms with E-state index in [1.54, 1.807) is 0 Å². The number of benzene rings is 1. The van der Waals surface area contributed by atoms with Crippen LogP contribution in [-0.2, 0) is 0 Å². The first kappa shape index (κ1) is 11.0. The van der Waals surface area contributed by atoms with Gasteiger partial charge in [0.15, 0.2) is 5.52 Å². The number of nitrogens with zero attached hydrogens (tertiary/aromatic N) is 2. The van der Waals surface area contributed by atoms with Crippen LogP contribution >= 0.6 is 0 Å². The molecule has 1 N–H and O–H groups in total. The molecule has 3 heteroatoms. The zero-order valence-corrected chi connectivity index (χ0v) is 10.9. The minimum absolute atomic E-state index is 0.941. The highest BCUT2D eigenvalue weighted by Crippen LogP contribution is 2.17. The van der Waals surface area contributed by atoms with Crippen LogP contribution in [0.1, 0.15) is 17.0 Å². The van der Waals surface area contributed by atoms with E-state index in [9.17, 15) is 0 Å². The van der Waals surface area contributed by atoms with Crippen molar-refractivity contribution in [2.24, 2.45) is 0 Å². The van der Waals surface area contributed by atoms with Crippen LogP contribution in [0.25, 0.3) is 16.7 Å². The third-order valence-electron chi connectivity index (χ3n) is 3.20. The number of aryl methyl sites for hydroxylation is 3. The fraction of sp³-hybridized carbons (Fsp3) is 0.200. The SMILES string of the molecule is Cc1cc(C)[n+](-c2cc(C)c3ccccc3n2)[nH]1. The van der Waals surface area contributed by atoms with E-state index in [4.69, 9.17) is 4.98 Å². The molecule has 0 bridgehead atoms. The molecule has 0 atom stereocenters. The zero-order chi connectivity index (χ0) is 12.7. The molecule has 0 aliphatic carbocycles. The molecule has 0 saturated carbocycles. The summed E-state index contributed by atoms with van der Waals surface area (Å²) in [6, 6.07) is 12.5. The molecule has 2 heterocycles. The molecule has 0 unspecified atom stereocenters. The quantitative estimate of drug-likeness (QED) is 0.650. The van der Waals surface area contributed by atoms with Crippen LogP contribution in [0.4, 0.5) is 0 Å². The van der Waals surface area contributed by atoms with Crippen LogP contribution in [0.2, 0.25) is 0 Å². The summed E-state index contributed by atoms with van der Waals surface area (Å²) in [6.07, 6.45) is 0. The van der Waals surface area contributed by atoms with Gasteiger partial charge in [0, 0.05) is 24.4 Å². The van der Waals surface area contributed by atoms with Crippen molar-refractivity contribution in [3.8, 4) is 5.82 Å². The predicted octanol–water partition coefficient (Wildman–Crippen LogP) is 2.76. The fourth-order valence-electron chi connectivity index (χ4n) is 2.36. The van der Waals surface area contributed by atoms with Crippen molar-refractivity contribution in [2.45, 2.75) is 20.8 Å². The van der Waals surface area contributed by atoms with Crippen molar-refractivity contribution < 1.29 is 4.68 Å². The van der Waals surface area contributed by atoms with E-state index in [0.717, 1.165) is 22.7 Å². The maximum Gasteiger partial charge on any atom is 0.347 e. The van der Waals surface area contributed by atoms with E-state index in [1.807, 2.05) is 16.8 Å². The number of hydrogen-bond donors (Lipinski definition) is 1. The van der Waals surface area contributed by atoms with E-state index in [2.05, 4.69) is 50.1 Å². The van der Waals surface area contributed by atoms with Crippen LogP contribution in [0.5, 0.6) is 0 Å². The monoisotopic (exact) mass is 238 g/mol. The average Bonchev–Trinajstić information content (AvgIpc) is 2.68. The average molecular weight is 238 g/mol. The van der Waals surface area contributed by atoms with Gasteiger partial charge in [-0.15, -0.1) is 4.68 Å². The van der Waals surface area contributed by atoms with Crippen molar-refractivity contribution in [1.29, 1.82) is 0 Å². The van der Waals surface area contributed by atoms with Gasteiger partial charge in [0.05, 0.1) is 5.69 Å². The van der Waals surface area contributed by atoms with E-state index >= 15 is 0 Å². The summed E-state index contributed by atoms with van der Waals surface area (Å²) in [4.78, 5) is 4.71. The Kier molecular flexibility index (Phi) is 2.40. The summed E-state index contributed by atoms with van der Waals surface area (Å²) in [5.41, 5.74) is 4.58. The lowest BCUT2D eigenvalue weighted by Crippen LogP contribution is -2.36. The Morgan fingerprint density at radius 1 is 1.06 bits per heavy atom. The predicted molar refractivity (Wildman–Crippen MR) is 71.8 cm³/mol. The van der Waals surface area contributed by atoms with Crippen molar-refractivity contribution >= 4 is 10.9 Å². The lowest BCUT2D eigenvalue weighted by molar-refractivity contribution is -0.665. The van der Waals surface area contributed by atoms with Gasteiger partial charge in [-0.25, -0.2) is 5.10 Å². The zero-order valence-electron chi connectivity index (χ0n) is 10.9. The summed E-state index contributed by atoms with van der Waals surface area (Å²) >= 11 is 0. The Bertz CT molecular complexity index is 726. The van der Waals surface area contributed by atoms with Gasteiger partial charge in [-0.2, -0.15) is 0 Å². The summed E-state index contributed by atoms with van der Waals surface area (Å²) < 4.78 is 2.02. The number of nitrogens with one attached hydrogen (secondary N) is 1. The summed E-state index contributed by atoms with van der Waals surface area (Å²) in [7, 11) is 0. The second-order valence-corrected chi connectivity index (χ2v) is 4.73. The van der Waals surface area contributed by atoms with Gasteiger partial charge in [-0.3, -0.25) is 0 Å². The minimum atomic E-state index is 0.941. The molecule has 3 aromatic rings. The van der Waals surface area contributed by atoms with Crippen LogP contribution in [0.15, 0.2) is 36.4 Å². The molecule has 90 valence electrons.